The Morgan fingerprint density at radius 1 is 1.30 bits per heavy atom. The van der Waals surface area contributed by atoms with Gasteiger partial charge in [0, 0.05) is 38.8 Å². The summed E-state index contributed by atoms with van der Waals surface area (Å²) in [6.07, 6.45) is 2.62. The molecular formula is C16H18FN3O3. The lowest BCUT2D eigenvalue weighted by Crippen LogP contribution is -2.46. The maximum absolute atomic E-state index is 12.9. The quantitative estimate of drug-likeness (QED) is 0.890. The van der Waals surface area contributed by atoms with Crippen LogP contribution in [0.4, 0.5) is 4.39 Å². The van der Waals surface area contributed by atoms with E-state index in [9.17, 15) is 14.3 Å². The highest BCUT2D eigenvalue weighted by Crippen LogP contribution is 2.19. The van der Waals surface area contributed by atoms with Crippen LogP contribution >= 0.6 is 0 Å². The number of rotatable bonds is 4. The first-order valence-electron chi connectivity index (χ1n) is 7.46. The minimum atomic E-state index is -0.923. The molecule has 1 amide bonds. The lowest BCUT2D eigenvalue weighted by molar-refractivity contribution is -0.0605. The molecule has 2 heterocycles. The SMILES string of the molecule is O=C(NCC1(O)CCOCC1)c1ccn(-c2ccc(F)cc2)n1. The fourth-order valence-corrected chi connectivity index (χ4v) is 2.45. The maximum atomic E-state index is 12.9. The molecule has 1 saturated heterocycles. The van der Waals surface area contributed by atoms with Crippen LogP contribution in [0.15, 0.2) is 36.5 Å². The molecule has 1 aromatic heterocycles. The van der Waals surface area contributed by atoms with Gasteiger partial charge in [-0.2, -0.15) is 5.10 Å². The number of benzene rings is 1. The zero-order valence-electron chi connectivity index (χ0n) is 12.5. The van der Waals surface area contributed by atoms with E-state index in [4.69, 9.17) is 4.74 Å². The van der Waals surface area contributed by atoms with Crippen LogP contribution in [0.25, 0.3) is 5.69 Å². The summed E-state index contributed by atoms with van der Waals surface area (Å²) < 4.78 is 19.6. The smallest absolute Gasteiger partial charge is 0.271 e. The molecule has 0 saturated carbocycles. The van der Waals surface area contributed by atoms with Gasteiger partial charge in [-0.1, -0.05) is 0 Å². The third kappa shape index (κ3) is 3.75. The fraction of sp³-hybridized carbons (Fsp3) is 0.375. The third-order valence-corrected chi connectivity index (χ3v) is 3.91. The summed E-state index contributed by atoms with van der Waals surface area (Å²) in [5, 5.41) is 17.2. The maximum Gasteiger partial charge on any atom is 0.271 e. The van der Waals surface area contributed by atoms with Crippen LogP contribution in [0.2, 0.25) is 0 Å². The fourth-order valence-electron chi connectivity index (χ4n) is 2.45. The van der Waals surface area contributed by atoms with Crippen molar-refractivity contribution in [1.82, 2.24) is 15.1 Å². The first-order chi connectivity index (χ1) is 11.1. The Morgan fingerprint density at radius 3 is 2.70 bits per heavy atom. The Kier molecular flexibility index (Phi) is 4.40. The molecule has 3 rings (SSSR count). The van der Waals surface area contributed by atoms with Crippen LogP contribution in [0.5, 0.6) is 0 Å². The molecule has 6 nitrogen and oxygen atoms in total. The van der Waals surface area contributed by atoms with Gasteiger partial charge in [-0.25, -0.2) is 9.07 Å². The minimum Gasteiger partial charge on any atom is -0.388 e. The number of hydrogen-bond donors (Lipinski definition) is 2. The lowest BCUT2D eigenvalue weighted by Gasteiger charge is -2.31. The number of aliphatic hydroxyl groups is 1. The molecular weight excluding hydrogens is 301 g/mol. The Balaban J connectivity index is 1.63. The monoisotopic (exact) mass is 319 g/mol. The summed E-state index contributed by atoms with van der Waals surface area (Å²) in [5.74, 6) is -0.686. The average Bonchev–Trinajstić information content (AvgIpc) is 3.04. The van der Waals surface area contributed by atoms with E-state index in [1.165, 1.54) is 16.8 Å². The van der Waals surface area contributed by atoms with Gasteiger partial charge in [0.25, 0.3) is 5.91 Å². The zero-order valence-corrected chi connectivity index (χ0v) is 12.5. The van der Waals surface area contributed by atoms with Crippen molar-refractivity contribution >= 4 is 5.91 Å². The molecule has 2 aromatic rings. The van der Waals surface area contributed by atoms with Gasteiger partial charge in [0.1, 0.15) is 5.82 Å². The number of carbonyl (C=O) groups excluding carboxylic acids is 1. The largest absolute Gasteiger partial charge is 0.388 e. The Labute approximate surface area is 132 Å². The molecule has 0 atom stereocenters. The summed E-state index contributed by atoms with van der Waals surface area (Å²) in [4.78, 5) is 12.1. The molecule has 1 aliphatic heterocycles. The number of ether oxygens (including phenoxy) is 1. The summed E-state index contributed by atoms with van der Waals surface area (Å²) >= 11 is 0. The van der Waals surface area contributed by atoms with Gasteiger partial charge in [0.15, 0.2) is 5.69 Å². The second-order valence-electron chi connectivity index (χ2n) is 5.64. The molecule has 1 aliphatic rings. The van der Waals surface area contributed by atoms with Crippen molar-refractivity contribution in [3.8, 4) is 5.69 Å². The first kappa shape index (κ1) is 15.6. The molecule has 1 fully saturated rings. The van der Waals surface area contributed by atoms with Crippen molar-refractivity contribution in [3.05, 3.63) is 48.0 Å². The van der Waals surface area contributed by atoms with E-state index >= 15 is 0 Å². The van der Waals surface area contributed by atoms with Crippen molar-refractivity contribution in [3.63, 3.8) is 0 Å². The van der Waals surface area contributed by atoms with Gasteiger partial charge in [0.2, 0.25) is 0 Å². The van der Waals surface area contributed by atoms with Crippen LogP contribution in [0.3, 0.4) is 0 Å². The summed E-state index contributed by atoms with van der Waals surface area (Å²) in [5.41, 5.74) is -0.0218. The Morgan fingerprint density at radius 2 is 2.00 bits per heavy atom. The molecule has 1 aromatic carbocycles. The van der Waals surface area contributed by atoms with Crippen molar-refractivity contribution in [2.24, 2.45) is 0 Å². The van der Waals surface area contributed by atoms with Gasteiger partial charge in [0.05, 0.1) is 11.3 Å². The van der Waals surface area contributed by atoms with Crippen LogP contribution < -0.4 is 5.32 Å². The highest BCUT2D eigenvalue weighted by Gasteiger charge is 2.30. The van der Waals surface area contributed by atoms with Gasteiger partial charge >= 0.3 is 0 Å². The number of aromatic nitrogens is 2. The van der Waals surface area contributed by atoms with Crippen molar-refractivity contribution < 1.29 is 19.0 Å². The van der Waals surface area contributed by atoms with Gasteiger partial charge < -0.3 is 15.2 Å². The summed E-state index contributed by atoms with van der Waals surface area (Å²) in [6.45, 7) is 1.15. The van der Waals surface area contributed by atoms with E-state index in [1.807, 2.05) is 0 Å². The number of carbonyl (C=O) groups is 1. The number of nitrogens with one attached hydrogen (secondary N) is 1. The number of hydrogen-bond acceptors (Lipinski definition) is 4. The second kappa shape index (κ2) is 6.47. The number of halogens is 1. The van der Waals surface area contributed by atoms with Gasteiger partial charge in [-0.05, 0) is 30.3 Å². The highest BCUT2D eigenvalue weighted by molar-refractivity contribution is 5.92. The topological polar surface area (TPSA) is 76.4 Å². The Hall–Kier alpha value is -2.25. The van der Waals surface area contributed by atoms with E-state index in [0.717, 1.165) is 0 Å². The summed E-state index contributed by atoms with van der Waals surface area (Å²) in [7, 11) is 0. The predicted molar refractivity (Wildman–Crippen MR) is 80.9 cm³/mol. The molecule has 0 unspecified atom stereocenters. The normalized spacial score (nSPS) is 17.0. The summed E-state index contributed by atoms with van der Waals surface area (Å²) in [6, 6.07) is 7.39. The number of nitrogens with zero attached hydrogens (tertiary/aromatic N) is 2. The molecule has 0 radical (unpaired) electrons. The lowest BCUT2D eigenvalue weighted by atomic mass is 9.94. The second-order valence-corrected chi connectivity index (χ2v) is 5.64. The van der Waals surface area contributed by atoms with E-state index in [2.05, 4.69) is 10.4 Å². The highest BCUT2D eigenvalue weighted by atomic mass is 19.1. The zero-order chi connectivity index (χ0) is 16.3. The van der Waals surface area contributed by atoms with E-state index in [0.29, 0.717) is 31.7 Å². The average molecular weight is 319 g/mol. The first-order valence-corrected chi connectivity index (χ1v) is 7.46. The van der Waals surface area contributed by atoms with Crippen LogP contribution in [-0.4, -0.2) is 46.2 Å². The van der Waals surface area contributed by atoms with Crippen molar-refractivity contribution in [2.45, 2.75) is 18.4 Å². The minimum absolute atomic E-state index is 0.165. The standard InChI is InChI=1S/C16H18FN3O3/c17-12-1-3-13(4-2-12)20-8-5-14(19-20)15(21)18-11-16(22)6-9-23-10-7-16/h1-5,8,22H,6-7,9-11H2,(H,18,21). The van der Waals surface area contributed by atoms with E-state index in [-0.39, 0.29) is 24.0 Å². The number of amides is 1. The van der Waals surface area contributed by atoms with E-state index < -0.39 is 5.60 Å². The van der Waals surface area contributed by atoms with Crippen LogP contribution in [-0.2, 0) is 4.74 Å². The van der Waals surface area contributed by atoms with Gasteiger partial charge in [-0.15, -0.1) is 0 Å². The predicted octanol–water partition coefficient (Wildman–Crippen LogP) is 1.28. The van der Waals surface area contributed by atoms with Crippen molar-refractivity contribution in [1.29, 1.82) is 0 Å². The third-order valence-electron chi connectivity index (χ3n) is 3.91. The molecule has 0 spiro atoms. The molecule has 0 bridgehead atoms. The van der Waals surface area contributed by atoms with Gasteiger partial charge in [-0.3, -0.25) is 4.79 Å². The molecule has 122 valence electrons. The van der Waals surface area contributed by atoms with Crippen LogP contribution in [0.1, 0.15) is 23.3 Å². The molecule has 0 aliphatic carbocycles. The van der Waals surface area contributed by atoms with E-state index in [1.54, 1.807) is 24.4 Å². The molecule has 2 N–H and O–H groups in total. The molecule has 7 heteroatoms. The van der Waals surface area contributed by atoms with Crippen molar-refractivity contribution in [2.75, 3.05) is 19.8 Å². The Bertz CT molecular complexity index is 678. The molecule has 23 heavy (non-hydrogen) atoms. The van der Waals surface area contributed by atoms with Crippen LogP contribution in [0, 0.1) is 5.82 Å².